The van der Waals surface area contributed by atoms with Crippen LogP contribution in [-0.2, 0) is 15.8 Å². The number of rotatable bonds is 8. The van der Waals surface area contributed by atoms with E-state index in [1.807, 2.05) is 11.1 Å². The van der Waals surface area contributed by atoms with E-state index in [1.165, 1.54) is 0 Å². The first kappa shape index (κ1) is 25.5. The van der Waals surface area contributed by atoms with Gasteiger partial charge in [0.15, 0.2) is 0 Å². The summed E-state index contributed by atoms with van der Waals surface area (Å²) in [7, 11) is 0. The number of aromatic amines is 1. The van der Waals surface area contributed by atoms with Gasteiger partial charge in [0, 0.05) is 23.8 Å². The SMILES string of the molecule is CC1(C)C[C@@H](C[C@@H](C#N)NC(=O)[C@H](CC2CC2(F)F)NC(=O)c2ccc(C(F)(F)F)[nH]2)C(=O)N1. The molecule has 1 aromatic rings. The Morgan fingerprint density at radius 3 is 2.32 bits per heavy atom. The van der Waals surface area contributed by atoms with Gasteiger partial charge in [-0.25, -0.2) is 8.78 Å². The first-order valence-electron chi connectivity index (χ1n) is 10.6. The number of carbonyl (C=O) groups excluding carboxylic acids is 3. The molecule has 34 heavy (non-hydrogen) atoms. The van der Waals surface area contributed by atoms with Crippen molar-refractivity contribution in [2.75, 3.05) is 0 Å². The van der Waals surface area contributed by atoms with Gasteiger partial charge in [0.1, 0.15) is 23.5 Å². The molecule has 8 nitrogen and oxygen atoms in total. The second-order valence-electron chi connectivity index (χ2n) is 9.41. The number of halogens is 5. The molecule has 1 saturated heterocycles. The third-order valence-electron chi connectivity index (χ3n) is 5.92. The average Bonchev–Trinajstić information content (AvgIpc) is 3.06. The monoisotopic (exact) mass is 489 g/mol. The molecule has 186 valence electrons. The van der Waals surface area contributed by atoms with Crippen molar-refractivity contribution < 1.29 is 36.3 Å². The van der Waals surface area contributed by atoms with Gasteiger partial charge in [0.05, 0.1) is 6.07 Å². The highest BCUT2D eigenvalue weighted by Crippen LogP contribution is 2.51. The van der Waals surface area contributed by atoms with E-state index in [0.29, 0.717) is 12.5 Å². The van der Waals surface area contributed by atoms with E-state index in [0.717, 1.165) is 6.07 Å². The number of nitriles is 1. The van der Waals surface area contributed by atoms with E-state index in [4.69, 9.17) is 0 Å². The number of nitrogens with zero attached hydrogens (tertiary/aromatic N) is 1. The van der Waals surface area contributed by atoms with Crippen LogP contribution in [0.15, 0.2) is 12.1 Å². The number of hydrogen-bond donors (Lipinski definition) is 4. The summed E-state index contributed by atoms with van der Waals surface area (Å²) in [6.07, 6.45) is -5.29. The molecule has 4 atom stereocenters. The van der Waals surface area contributed by atoms with Crippen molar-refractivity contribution in [1.29, 1.82) is 5.26 Å². The maximum Gasteiger partial charge on any atom is 0.431 e. The molecule has 4 N–H and O–H groups in total. The minimum Gasteiger partial charge on any atom is -0.351 e. The van der Waals surface area contributed by atoms with Crippen LogP contribution in [0, 0.1) is 23.2 Å². The van der Waals surface area contributed by atoms with Gasteiger partial charge in [-0.05, 0) is 45.2 Å². The van der Waals surface area contributed by atoms with Gasteiger partial charge >= 0.3 is 6.18 Å². The van der Waals surface area contributed by atoms with Crippen LogP contribution in [0.4, 0.5) is 22.0 Å². The Balaban J connectivity index is 1.68. The van der Waals surface area contributed by atoms with Gasteiger partial charge in [-0.1, -0.05) is 0 Å². The summed E-state index contributed by atoms with van der Waals surface area (Å²) in [5, 5.41) is 16.7. The lowest BCUT2D eigenvalue weighted by Gasteiger charge is -2.21. The lowest BCUT2D eigenvalue weighted by Crippen LogP contribution is -2.50. The molecule has 13 heteroatoms. The Hall–Kier alpha value is -3.17. The smallest absolute Gasteiger partial charge is 0.351 e. The molecule has 3 amide bonds. The molecular formula is C21H24F5N5O3. The summed E-state index contributed by atoms with van der Waals surface area (Å²) in [6.45, 7) is 3.61. The molecular weight excluding hydrogens is 465 g/mol. The molecule has 1 aliphatic heterocycles. The molecule has 2 fully saturated rings. The summed E-state index contributed by atoms with van der Waals surface area (Å²) >= 11 is 0. The minimum absolute atomic E-state index is 0.0245. The van der Waals surface area contributed by atoms with Crippen LogP contribution in [0.2, 0.25) is 0 Å². The number of alkyl halides is 5. The van der Waals surface area contributed by atoms with Crippen molar-refractivity contribution in [3.05, 3.63) is 23.5 Å². The summed E-state index contributed by atoms with van der Waals surface area (Å²) in [5.41, 5.74) is -2.17. The van der Waals surface area contributed by atoms with Gasteiger partial charge < -0.3 is 20.9 Å². The lowest BCUT2D eigenvalue weighted by molar-refractivity contribution is -0.140. The average molecular weight is 489 g/mol. The standard InChI is InChI=1S/C21H24F5N5O3/c1-19(2)7-10(16(32)31-19)5-12(9-27)28-18(34)14(6-11-8-20(11,22)23)30-17(33)13-3-4-15(29-13)21(24,25)26/h3-4,10-12,14,29H,5-8H2,1-2H3,(H,28,34)(H,30,33)(H,31,32)/t10-,11?,12+,14+/m1/s1. The highest BCUT2D eigenvalue weighted by Gasteiger charge is 2.57. The van der Waals surface area contributed by atoms with Gasteiger partial charge in [-0.15, -0.1) is 0 Å². The predicted octanol–water partition coefficient (Wildman–Crippen LogP) is 2.49. The van der Waals surface area contributed by atoms with E-state index in [-0.39, 0.29) is 12.3 Å². The van der Waals surface area contributed by atoms with Crippen molar-refractivity contribution in [2.24, 2.45) is 11.8 Å². The van der Waals surface area contributed by atoms with Crippen LogP contribution in [-0.4, -0.2) is 46.3 Å². The summed E-state index contributed by atoms with van der Waals surface area (Å²) in [5.74, 6) is -7.08. The fourth-order valence-electron chi connectivity index (χ4n) is 4.06. The quantitative estimate of drug-likeness (QED) is 0.419. The fourth-order valence-corrected chi connectivity index (χ4v) is 4.06. The van der Waals surface area contributed by atoms with Crippen molar-refractivity contribution in [3.8, 4) is 6.07 Å². The number of nitrogens with one attached hydrogen (secondary N) is 4. The van der Waals surface area contributed by atoms with Gasteiger partial charge in [0.25, 0.3) is 11.8 Å². The maximum atomic E-state index is 13.5. The number of amides is 3. The van der Waals surface area contributed by atoms with Crippen molar-refractivity contribution >= 4 is 17.7 Å². The van der Waals surface area contributed by atoms with Gasteiger partial charge in [0.2, 0.25) is 11.8 Å². The zero-order valence-electron chi connectivity index (χ0n) is 18.4. The summed E-state index contributed by atoms with van der Waals surface area (Å²) < 4.78 is 65.2. The van der Waals surface area contributed by atoms with E-state index in [1.54, 1.807) is 13.8 Å². The Kier molecular flexibility index (Phi) is 6.65. The van der Waals surface area contributed by atoms with E-state index >= 15 is 0 Å². The third kappa shape index (κ3) is 6.03. The zero-order chi connectivity index (χ0) is 25.5. The van der Waals surface area contributed by atoms with E-state index in [9.17, 15) is 41.6 Å². The van der Waals surface area contributed by atoms with Crippen LogP contribution >= 0.6 is 0 Å². The Labute approximate surface area is 191 Å². The molecule has 2 heterocycles. The molecule has 0 spiro atoms. The van der Waals surface area contributed by atoms with Crippen molar-refractivity contribution in [1.82, 2.24) is 20.9 Å². The molecule has 1 aliphatic carbocycles. The first-order valence-corrected chi connectivity index (χ1v) is 10.6. The normalized spacial score (nSPS) is 24.5. The second-order valence-corrected chi connectivity index (χ2v) is 9.41. The van der Waals surface area contributed by atoms with Crippen LogP contribution in [0.3, 0.4) is 0 Å². The topological polar surface area (TPSA) is 127 Å². The molecule has 0 bridgehead atoms. The second kappa shape index (κ2) is 8.88. The molecule has 1 saturated carbocycles. The number of carbonyl (C=O) groups is 3. The highest BCUT2D eigenvalue weighted by atomic mass is 19.4. The molecule has 0 radical (unpaired) electrons. The van der Waals surface area contributed by atoms with Gasteiger partial charge in [-0.3, -0.25) is 14.4 Å². The lowest BCUT2D eigenvalue weighted by atomic mass is 9.92. The summed E-state index contributed by atoms with van der Waals surface area (Å²) in [6, 6.07) is 0.685. The number of H-pyrrole nitrogens is 1. The van der Waals surface area contributed by atoms with Gasteiger partial charge in [-0.2, -0.15) is 18.4 Å². The summed E-state index contributed by atoms with van der Waals surface area (Å²) in [4.78, 5) is 39.2. The van der Waals surface area contributed by atoms with Crippen LogP contribution in [0.1, 0.15) is 55.7 Å². The zero-order valence-corrected chi connectivity index (χ0v) is 18.4. The van der Waals surface area contributed by atoms with Crippen molar-refractivity contribution in [2.45, 2.75) is 69.3 Å². The van der Waals surface area contributed by atoms with E-state index < -0.39 is 77.6 Å². The molecule has 2 aliphatic rings. The highest BCUT2D eigenvalue weighted by molar-refractivity contribution is 5.96. The fraction of sp³-hybridized carbons (Fsp3) is 0.619. The third-order valence-corrected chi connectivity index (χ3v) is 5.92. The molecule has 0 aromatic carbocycles. The number of hydrogen-bond acceptors (Lipinski definition) is 4. The largest absolute Gasteiger partial charge is 0.431 e. The Morgan fingerprint density at radius 2 is 1.85 bits per heavy atom. The predicted molar refractivity (Wildman–Crippen MR) is 107 cm³/mol. The van der Waals surface area contributed by atoms with Crippen LogP contribution in [0.5, 0.6) is 0 Å². The Morgan fingerprint density at radius 1 is 1.21 bits per heavy atom. The molecule has 3 rings (SSSR count). The minimum atomic E-state index is -4.73. The van der Waals surface area contributed by atoms with E-state index in [2.05, 4.69) is 16.0 Å². The van der Waals surface area contributed by atoms with Crippen molar-refractivity contribution in [3.63, 3.8) is 0 Å². The number of aromatic nitrogens is 1. The van der Waals surface area contributed by atoms with Crippen LogP contribution in [0.25, 0.3) is 0 Å². The Bertz CT molecular complexity index is 1010. The molecule has 1 unspecified atom stereocenters. The molecule has 1 aromatic heterocycles. The van der Waals surface area contributed by atoms with Crippen LogP contribution < -0.4 is 16.0 Å². The first-order chi connectivity index (χ1) is 15.6. The maximum absolute atomic E-state index is 13.5.